The van der Waals surface area contributed by atoms with Crippen LogP contribution in [-0.2, 0) is 17.8 Å². The lowest BCUT2D eigenvalue weighted by molar-refractivity contribution is -0.120. The van der Waals surface area contributed by atoms with Crippen molar-refractivity contribution in [1.29, 1.82) is 0 Å². The fraction of sp³-hybridized carbons (Fsp3) is 0.235. The molecule has 1 amide bonds. The Morgan fingerprint density at radius 1 is 1.22 bits per heavy atom. The van der Waals surface area contributed by atoms with Crippen LogP contribution in [0.2, 0.25) is 5.02 Å². The van der Waals surface area contributed by atoms with Crippen LogP contribution in [0.25, 0.3) is 0 Å². The zero-order valence-corrected chi connectivity index (χ0v) is 13.6. The van der Waals surface area contributed by atoms with Crippen LogP contribution in [0, 0.1) is 5.82 Å². The molecule has 2 aromatic carbocycles. The number of carbonyl (C=O) groups excluding carboxylic acids is 1. The number of hydrogen-bond donors (Lipinski definition) is 1. The molecule has 0 aromatic heterocycles. The summed E-state index contributed by atoms with van der Waals surface area (Å²) >= 11 is 5.92. The van der Waals surface area contributed by atoms with E-state index in [1.54, 1.807) is 38.5 Å². The Bertz CT molecular complexity index is 686. The molecule has 0 aliphatic carbocycles. The molecule has 122 valence electrons. The molecule has 0 saturated heterocycles. The summed E-state index contributed by atoms with van der Waals surface area (Å²) < 4.78 is 24.1. The SMILES string of the molecule is COc1ccc(CNC(=O)Cc2c(F)cccc2Cl)c(OC)c1. The number of methoxy groups -OCH3 is 2. The molecule has 2 rings (SSSR count). The molecule has 0 saturated carbocycles. The van der Waals surface area contributed by atoms with Crippen LogP contribution >= 0.6 is 11.6 Å². The highest BCUT2D eigenvalue weighted by Crippen LogP contribution is 2.24. The number of nitrogens with one attached hydrogen (secondary N) is 1. The number of rotatable bonds is 6. The molecule has 0 unspecified atom stereocenters. The first-order valence-electron chi connectivity index (χ1n) is 6.95. The summed E-state index contributed by atoms with van der Waals surface area (Å²) in [7, 11) is 3.10. The number of benzene rings is 2. The van der Waals surface area contributed by atoms with Gasteiger partial charge in [0.1, 0.15) is 17.3 Å². The van der Waals surface area contributed by atoms with Crippen LogP contribution in [0.1, 0.15) is 11.1 Å². The minimum atomic E-state index is -0.491. The Labute approximate surface area is 139 Å². The molecule has 4 nitrogen and oxygen atoms in total. The minimum absolute atomic E-state index is 0.121. The van der Waals surface area contributed by atoms with Gasteiger partial charge in [0.25, 0.3) is 0 Å². The average Bonchev–Trinajstić information content (AvgIpc) is 2.56. The van der Waals surface area contributed by atoms with Crippen molar-refractivity contribution in [3.8, 4) is 11.5 Å². The van der Waals surface area contributed by atoms with Crippen molar-refractivity contribution < 1.29 is 18.7 Å². The highest BCUT2D eigenvalue weighted by atomic mass is 35.5. The number of hydrogen-bond acceptors (Lipinski definition) is 3. The van der Waals surface area contributed by atoms with Crippen LogP contribution < -0.4 is 14.8 Å². The van der Waals surface area contributed by atoms with Crippen molar-refractivity contribution in [3.05, 3.63) is 58.4 Å². The highest BCUT2D eigenvalue weighted by Gasteiger charge is 2.12. The highest BCUT2D eigenvalue weighted by molar-refractivity contribution is 6.31. The molecule has 2 aromatic rings. The first-order chi connectivity index (χ1) is 11.0. The molecule has 0 atom stereocenters. The van der Waals surface area contributed by atoms with Crippen LogP contribution in [0.3, 0.4) is 0 Å². The Morgan fingerprint density at radius 2 is 2.00 bits per heavy atom. The van der Waals surface area contributed by atoms with Crippen LogP contribution in [0.4, 0.5) is 4.39 Å². The molecule has 0 bridgehead atoms. The molecule has 6 heteroatoms. The molecular weight excluding hydrogens is 321 g/mol. The summed E-state index contributed by atoms with van der Waals surface area (Å²) in [6, 6.07) is 9.64. The zero-order valence-electron chi connectivity index (χ0n) is 12.9. The number of amides is 1. The maximum Gasteiger partial charge on any atom is 0.224 e. The summed E-state index contributed by atoms with van der Waals surface area (Å²) in [6.45, 7) is 0.262. The molecule has 0 radical (unpaired) electrons. The lowest BCUT2D eigenvalue weighted by Gasteiger charge is -2.12. The van der Waals surface area contributed by atoms with E-state index in [-0.39, 0.29) is 29.5 Å². The molecule has 0 aliphatic heterocycles. The van der Waals surface area contributed by atoms with Gasteiger partial charge in [-0.3, -0.25) is 4.79 Å². The summed E-state index contributed by atoms with van der Waals surface area (Å²) in [5, 5.41) is 2.97. The quantitative estimate of drug-likeness (QED) is 0.879. The zero-order chi connectivity index (χ0) is 16.8. The summed E-state index contributed by atoms with van der Waals surface area (Å²) in [6.07, 6.45) is -0.121. The Balaban J connectivity index is 2.02. The van der Waals surface area contributed by atoms with E-state index in [1.165, 1.54) is 12.1 Å². The van der Waals surface area contributed by atoms with E-state index in [4.69, 9.17) is 21.1 Å². The molecule has 1 N–H and O–H groups in total. The van der Waals surface area contributed by atoms with Crippen LogP contribution in [0.15, 0.2) is 36.4 Å². The van der Waals surface area contributed by atoms with Gasteiger partial charge in [-0.15, -0.1) is 0 Å². The fourth-order valence-corrected chi connectivity index (χ4v) is 2.35. The lowest BCUT2D eigenvalue weighted by Crippen LogP contribution is -2.25. The third-order valence-corrected chi connectivity index (χ3v) is 3.72. The molecule has 0 fully saturated rings. The van der Waals surface area contributed by atoms with Gasteiger partial charge in [-0.25, -0.2) is 4.39 Å². The van der Waals surface area contributed by atoms with Gasteiger partial charge < -0.3 is 14.8 Å². The molecular formula is C17H17ClFNO3. The summed E-state index contributed by atoms with van der Waals surface area (Å²) in [5.74, 6) is 0.452. The van der Waals surface area contributed by atoms with Crippen molar-refractivity contribution in [3.63, 3.8) is 0 Å². The van der Waals surface area contributed by atoms with E-state index >= 15 is 0 Å². The molecule has 0 aliphatic rings. The minimum Gasteiger partial charge on any atom is -0.497 e. The van der Waals surface area contributed by atoms with Gasteiger partial charge in [0.2, 0.25) is 5.91 Å². The number of carbonyl (C=O) groups is 1. The number of ether oxygens (including phenoxy) is 2. The maximum atomic E-state index is 13.7. The van der Waals surface area contributed by atoms with E-state index < -0.39 is 5.82 Å². The largest absolute Gasteiger partial charge is 0.497 e. The Hall–Kier alpha value is -2.27. The van der Waals surface area contributed by atoms with Crippen molar-refractivity contribution in [2.75, 3.05) is 14.2 Å². The fourth-order valence-electron chi connectivity index (χ4n) is 2.12. The van der Waals surface area contributed by atoms with Gasteiger partial charge in [0.05, 0.1) is 20.6 Å². The van der Waals surface area contributed by atoms with Crippen LogP contribution in [-0.4, -0.2) is 20.1 Å². The third-order valence-electron chi connectivity index (χ3n) is 3.37. The smallest absolute Gasteiger partial charge is 0.224 e. The van der Waals surface area contributed by atoms with Crippen molar-refractivity contribution in [2.24, 2.45) is 0 Å². The number of halogens is 2. The standard InChI is InChI=1S/C17H17ClFNO3/c1-22-12-7-6-11(16(8-12)23-2)10-20-17(21)9-13-14(18)4-3-5-15(13)19/h3-8H,9-10H2,1-2H3,(H,20,21). The Morgan fingerprint density at radius 3 is 2.65 bits per heavy atom. The summed E-state index contributed by atoms with van der Waals surface area (Å²) in [4.78, 5) is 12.0. The van der Waals surface area contributed by atoms with E-state index in [0.717, 1.165) is 5.56 Å². The van der Waals surface area contributed by atoms with E-state index in [9.17, 15) is 9.18 Å². The van der Waals surface area contributed by atoms with Gasteiger partial charge in [0, 0.05) is 28.8 Å². The van der Waals surface area contributed by atoms with Crippen molar-refractivity contribution in [2.45, 2.75) is 13.0 Å². The lowest BCUT2D eigenvalue weighted by atomic mass is 10.1. The molecule has 0 spiro atoms. The second kappa shape index (κ2) is 7.83. The van der Waals surface area contributed by atoms with E-state index in [0.29, 0.717) is 11.5 Å². The second-order valence-corrected chi connectivity index (χ2v) is 5.24. The normalized spacial score (nSPS) is 10.3. The maximum absolute atomic E-state index is 13.7. The average molecular weight is 338 g/mol. The van der Waals surface area contributed by atoms with Gasteiger partial charge in [-0.2, -0.15) is 0 Å². The Kier molecular flexibility index (Phi) is 5.82. The van der Waals surface area contributed by atoms with Gasteiger partial charge in [-0.1, -0.05) is 17.7 Å². The topological polar surface area (TPSA) is 47.6 Å². The van der Waals surface area contributed by atoms with Crippen molar-refractivity contribution >= 4 is 17.5 Å². The summed E-state index contributed by atoms with van der Waals surface area (Å²) in [5.41, 5.74) is 0.981. The van der Waals surface area contributed by atoms with Gasteiger partial charge in [0.15, 0.2) is 0 Å². The van der Waals surface area contributed by atoms with E-state index in [1.807, 2.05) is 0 Å². The second-order valence-electron chi connectivity index (χ2n) is 4.83. The first kappa shape index (κ1) is 17.1. The molecule has 23 heavy (non-hydrogen) atoms. The molecule has 0 heterocycles. The first-order valence-corrected chi connectivity index (χ1v) is 7.33. The van der Waals surface area contributed by atoms with E-state index in [2.05, 4.69) is 5.32 Å². The predicted molar refractivity (Wildman–Crippen MR) is 86.5 cm³/mol. The van der Waals surface area contributed by atoms with Crippen LogP contribution in [0.5, 0.6) is 11.5 Å². The predicted octanol–water partition coefficient (Wildman–Crippen LogP) is 3.36. The van der Waals surface area contributed by atoms with Crippen molar-refractivity contribution in [1.82, 2.24) is 5.32 Å². The van der Waals surface area contributed by atoms with Gasteiger partial charge >= 0.3 is 0 Å². The third kappa shape index (κ3) is 4.36. The monoisotopic (exact) mass is 337 g/mol. The van der Waals surface area contributed by atoms with Gasteiger partial charge in [-0.05, 0) is 24.3 Å².